The van der Waals surface area contributed by atoms with Crippen LogP contribution in [0.15, 0.2) is 55.6 Å². The maximum atomic E-state index is 14.5. The van der Waals surface area contributed by atoms with Gasteiger partial charge in [-0.25, -0.2) is 0 Å². The molecule has 2 unspecified atom stereocenters. The first kappa shape index (κ1) is 31.0. The Morgan fingerprint density at radius 3 is 2.39 bits per heavy atom. The van der Waals surface area contributed by atoms with Crippen molar-refractivity contribution in [3.05, 3.63) is 61.2 Å². The third kappa shape index (κ3) is 5.86. The van der Waals surface area contributed by atoms with Crippen molar-refractivity contribution in [3.63, 3.8) is 0 Å². The van der Waals surface area contributed by atoms with Crippen LogP contribution in [0.2, 0.25) is 0 Å². The fraction of sp³-hybridized carbons (Fsp3) is 0.606. The first-order valence-corrected chi connectivity index (χ1v) is 15.2. The molecule has 1 spiro atoms. The van der Waals surface area contributed by atoms with Gasteiger partial charge in [0.05, 0.1) is 17.4 Å². The topological polar surface area (TPSA) is 90.4 Å². The summed E-state index contributed by atoms with van der Waals surface area (Å²) in [7, 11) is 0. The number of hydrogen-bond acceptors (Lipinski definition) is 5. The normalized spacial score (nSPS) is 28.0. The quantitative estimate of drug-likeness (QED) is 0.242. The Hall–Kier alpha value is -2.97. The van der Waals surface area contributed by atoms with E-state index in [1.54, 1.807) is 26.9 Å². The number of carbonyl (C=O) groups excluding carboxylic acids is 3. The molecule has 41 heavy (non-hydrogen) atoms. The van der Waals surface area contributed by atoms with Gasteiger partial charge in [0, 0.05) is 39.3 Å². The summed E-state index contributed by atoms with van der Waals surface area (Å²) >= 11 is 0. The maximum Gasteiger partial charge on any atom is 0.248 e. The van der Waals surface area contributed by atoms with Crippen molar-refractivity contribution in [1.29, 1.82) is 0 Å². The lowest BCUT2D eigenvalue weighted by Crippen LogP contribution is -2.56. The first-order valence-electron chi connectivity index (χ1n) is 15.2. The van der Waals surface area contributed by atoms with Gasteiger partial charge in [0.2, 0.25) is 17.7 Å². The molecule has 3 fully saturated rings. The van der Waals surface area contributed by atoms with Crippen molar-refractivity contribution in [2.75, 3.05) is 32.8 Å². The molecule has 5 atom stereocenters. The predicted octanol–water partition coefficient (Wildman–Crippen LogP) is 3.94. The number of fused-ring (bicyclic) bond motifs is 1. The molecule has 1 aromatic rings. The molecular weight excluding hydrogens is 518 g/mol. The molecule has 0 aliphatic carbocycles. The highest BCUT2D eigenvalue weighted by atomic mass is 16.5. The van der Waals surface area contributed by atoms with Gasteiger partial charge in [-0.3, -0.25) is 14.4 Å². The van der Waals surface area contributed by atoms with Crippen molar-refractivity contribution in [2.24, 2.45) is 11.8 Å². The van der Waals surface area contributed by atoms with E-state index in [0.29, 0.717) is 58.4 Å². The Bertz CT molecular complexity index is 1110. The van der Waals surface area contributed by atoms with Crippen LogP contribution in [0.3, 0.4) is 0 Å². The molecule has 3 saturated heterocycles. The average Bonchev–Trinajstić information content (AvgIpc) is 3.53. The van der Waals surface area contributed by atoms with Gasteiger partial charge in [-0.05, 0) is 44.6 Å². The number of likely N-dealkylation sites (tertiary alicyclic amines) is 1. The van der Waals surface area contributed by atoms with Gasteiger partial charge in [-0.15, -0.1) is 13.2 Å². The van der Waals surface area contributed by atoms with E-state index in [4.69, 9.17) is 4.74 Å². The molecule has 0 aromatic heterocycles. The lowest BCUT2D eigenvalue weighted by atomic mass is 9.66. The lowest BCUT2D eigenvalue weighted by Gasteiger charge is -2.37. The van der Waals surface area contributed by atoms with Crippen molar-refractivity contribution >= 4 is 17.7 Å². The number of ether oxygens (including phenoxy) is 1. The van der Waals surface area contributed by atoms with Crippen LogP contribution in [0.5, 0.6) is 0 Å². The van der Waals surface area contributed by atoms with Crippen molar-refractivity contribution in [1.82, 2.24) is 14.7 Å². The zero-order valence-electron chi connectivity index (χ0n) is 24.8. The van der Waals surface area contributed by atoms with E-state index < -0.39 is 29.1 Å². The van der Waals surface area contributed by atoms with E-state index in [9.17, 15) is 19.5 Å². The molecule has 3 heterocycles. The van der Waals surface area contributed by atoms with Gasteiger partial charge >= 0.3 is 0 Å². The molecule has 0 saturated carbocycles. The fourth-order valence-electron chi connectivity index (χ4n) is 7.35. The predicted molar refractivity (Wildman–Crippen MR) is 159 cm³/mol. The number of nitrogens with zero attached hydrogens (tertiary/aromatic N) is 3. The number of aliphatic hydroxyl groups excluding tert-OH is 1. The van der Waals surface area contributed by atoms with Gasteiger partial charge in [-0.2, -0.15) is 0 Å². The molecule has 4 rings (SSSR count). The van der Waals surface area contributed by atoms with Crippen LogP contribution >= 0.6 is 0 Å². The van der Waals surface area contributed by atoms with Crippen LogP contribution in [-0.2, 0) is 25.7 Å². The van der Waals surface area contributed by atoms with Crippen LogP contribution in [-0.4, -0.2) is 87.6 Å². The van der Waals surface area contributed by atoms with Gasteiger partial charge < -0.3 is 24.5 Å². The van der Waals surface area contributed by atoms with Gasteiger partial charge in [0.1, 0.15) is 11.6 Å². The highest BCUT2D eigenvalue weighted by Gasteiger charge is 2.78. The number of carbonyl (C=O) groups is 3. The molecule has 8 heteroatoms. The van der Waals surface area contributed by atoms with Gasteiger partial charge in [0.15, 0.2) is 0 Å². The van der Waals surface area contributed by atoms with Gasteiger partial charge in [0.25, 0.3) is 0 Å². The van der Waals surface area contributed by atoms with Gasteiger partial charge in [-0.1, -0.05) is 62.2 Å². The minimum absolute atomic E-state index is 0.0857. The van der Waals surface area contributed by atoms with Crippen LogP contribution in [0, 0.1) is 11.8 Å². The lowest BCUT2D eigenvalue weighted by molar-refractivity contribution is -0.153. The second-order valence-corrected chi connectivity index (χ2v) is 12.0. The summed E-state index contributed by atoms with van der Waals surface area (Å²) in [5.41, 5.74) is -0.858. The highest BCUT2D eigenvalue weighted by Crippen LogP contribution is 2.63. The molecule has 2 bridgehead atoms. The molecular formula is C33H47N3O5. The molecule has 3 aliphatic rings. The summed E-state index contributed by atoms with van der Waals surface area (Å²) in [5.74, 6) is -1.75. The largest absolute Gasteiger partial charge is 0.396 e. The monoisotopic (exact) mass is 565 g/mol. The van der Waals surface area contributed by atoms with E-state index in [2.05, 4.69) is 13.2 Å². The van der Waals surface area contributed by atoms with E-state index in [0.717, 1.165) is 24.8 Å². The zero-order valence-corrected chi connectivity index (χ0v) is 24.8. The first-order chi connectivity index (χ1) is 19.8. The van der Waals surface area contributed by atoms with Crippen LogP contribution < -0.4 is 0 Å². The summed E-state index contributed by atoms with van der Waals surface area (Å²) in [6.07, 6.45) is 8.53. The van der Waals surface area contributed by atoms with Crippen LogP contribution in [0.1, 0.15) is 64.4 Å². The van der Waals surface area contributed by atoms with Crippen LogP contribution in [0.4, 0.5) is 0 Å². The Kier molecular flexibility index (Phi) is 10.1. The number of benzene rings is 1. The standard InChI is InChI=1S/C33H47N3O5/c1-5-19-34(20-6-2)29(38)26-27-30(39)36(22-13-8-9-14-23-37)28(33(27)18-17-32(26,4)41-33)31(40)35(21-7-3)24-25-15-11-10-12-16-25/h5,7,10-12,15-16,26-28,37H,1,3,6,8-9,13-14,17-24H2,2,4H3/t26-,27-,28?,32+,33?/m0/s1. The number of hydrogen-bond donors (Lipinski definition) is 1. The van der Waals surface area contributed by atoms with Crippen molar-refractivity contribution in [3.8, 4) is 0 Å². The minimum Gasteiger partial charge on any atom is -0.396 e. The summed E-state index contributed by atoms with van der Waals surface area (Å²) in [5, 5.41) is 9.19. The third-order valence-electron chi connectivity index (χ3n) is 9.12. The Morgan fingerprint density at radius 1 is 1.05 bits per heavy atom. The molecule has 8 nitrogen and oxygen atoms in total. The average molecular weight is 566 g/mol. The number of aliphatic hydroxyl groups is 1. The SMILES string of the molecule is C=CCN(Cc1ccccc1)C(=O)C1N(CCCCCCO)C(=O)[C@@H]2[C@@H](C(=O)N(CC=C)CCC)[C@@]3(C)CCC12O3. The molecule has 1 N–H and O–H groups in total. The van der Waals surface area contributed by atoms with Crippen molar-refractivity contribution < 1.29 is 24.2 Å². The zero-order chi connectivity index (χ0) is 29.6. The van der Waals surface area contributed by atoms with Crippen LogP contribution in [0.25, 0.3) is 0 Å². The summed E-state index contributed by atoms with van der Waals surface area (Å²) < 4.78 is 6.83. The smallest absolute Gasteiger partial charge is 0.248 e. The van der Waals surface area contributed by atoms with E-state index >= 15 is 0 Å². The van der Waals surface area contributed by atoms with Crippen molar-refractivity contribution in [2.45, 2.75) is 82.6 Å². The number of amides is 3. The number of rotatable bonds is 16. The Balaban J connectivity index is 1.71. The molecule has 3 amide bonds. The third-order valence-corrected chi connectivity index (χ3v) is 9.12. The summed E-state index contributed by atoms with van der Waals surface area (Å²) in [6.45, 7) is 14.0. The molecule has 224 valence electrons. The number of unbranched alkanes of at least 4 members (excludes halogenated alkanes) is 3. The second-order valence-electron chi connectivity index (χ2n) is 12.0. The second kappa shape index (κ2) is 13.3. The molecule has 1 aromatic carbocycles. The Morgan fingerprint density at radius 2 is 1.73 bits per heavy atom. The van der Waals surface area contributed by atoms with E-state index in [-0.39, 0.29) is 24.3 Å². The summed E-state index contributed by atoms with van der Waals surface area (Å²) in [6, 6.07) is 9.00. The molecule has 3 aliphatic heterocycles. The molecule has 0 radical (unpaired) electrons. The minimum atomic E-state index is -1.05. The van der Waals surface area contributed by atoms with E-state index in [1.165, 1.54) is 0 Å². The summed E-state index contributed by atoms with van der Waals surface area (Å²) in [4.78, 5) is 48.2. The maximum absolute atomic E-state index is 14.5. The highest BCUT2D eigenvalue weighted by molar-refractivity contribution is 5.99. The fourth-order valence-corrected chi connectivity index (χ4v) is 7.35. The van der Waals surface area contributed by atoms with E-state index in [1.807, 2.05) is 44.2 Å². The Labute approximate surface area is 245 Å².